The van der Waals surface area contributed by atoms with Gasteiger partial charge in [0.15, 0.2) is 0 Å². The van der Waals surface area contributed by atoms with Crippen LogP contribution < -0.4 is 10.1 Å². The van der Waals surface area contributed by atoms with Crippen LogP contribution >= 0.6 is 27.5 Å². The van der Waals surface area contributed by atoms with Crippen LogP contribution in [0, 0.1) is 6.92 Å². The summed E-state index contributed by atoms with van der Waals surface area (Å²) in [5, 5.41) is 3.68. The van der Waals surface area contributed by atoms with Gasteiger partial charge in [-0.2, -0.15) is 0 Å². The first kappa shape index (κ1) is 21.4. The number of nitrogens with one attached hydrogen (secondary N) is 1. The smallest absolute Gasteiger partial charge is 0.251 e. The fraction of sp³-hybridized carbons (Fsp3) is 0.167. The first-order valence-corrected chi connectivity index (χ1v) is 11.1. The fourth-order valence-electron chi connectivity index (χ4n) is 3.33. The molecule has 1 aromatic heterocycles. The number of aryl methyl sites for hydroxylation is 1. The molecule has 0 radical (unpaired) electrons. The number of rotatable bonds is 7. The van der Waals surface area contributed by atoms with Gasteiger partial charge in [0.25, 0.3) is 5.91 Å². The van der Waals surface area contributed by atoms with Gasteiger partial charge in [-0.25, -0.2) is 4.98 Å². The minimum absolute atomic E-state index is 0.140. The average molecular weight is 499 g/mol. The van der Waals surface area contributed by atoms with Crippen LogP contribution in [-0.4, -0.2) is 22.1 Å². The summed E-state index contributed by atoms with van der Waals surface area (Å²) in [6.45, 7) is 3.34. The maximum atomic E-state index is 12.5. The van der Waals surface area contributed by atoms with E-state index in [2.05, 4.69) is 25.8 Å². The summed E-state index contributed by atoms with van der Waals surface area (Å²) >= 11 is 9.47. The Hall–Kier alpha value is -2.83. The molecule has 0 fully saturated rings. The van der Waals surface area contributed by atoms with Crippen molar-refractivity contribution < 1.29 is 9.53 Å². The Morgan fingerprint density at radius 3 is 2.68 bits per heavy atom. The van der Waals surface area contributed by atoms with E-state index in [-0.39, 0.29) is 5.91 Å². The molecular formula is C24H21BrClN3O2. The molecule has 0 aliphatic heterocycles. The molecule has 0 spiro atoms. The Kier molecular flexibility index (Phi) is 6.59. The number of hydrogen-bond acceptors (Lipinski definition) is 3. The molecule has 0 aliphatic rings. The molecular weight excluding hydrogens is 478 g/mol. The van der Waals surface area contributed by atoms with Crippen LogP contribution in [-0.2, 0) is 13.1 Å². The summed E-state index contributed by atoms with van der Waals surface area (Å²) in [5.41, 5.74) is 3.47. The van der Waals surface area contributed by atoms with E-state index < -0.39 is 0 Å². The number of amides is 1. The number of ether oxygens (including phenoxy) is 1. The Balaban J connectivity index is 1.48. The first-order valence-electron chi connectivity index (χ1n) is 9.88. The van der Waals surface area contributed by atoms with Crippen LogP contribution in [0.4, 0.5) is 0 Å². The van der Waals surface area contributed by atoms with Crippen molar-refractivity contribution in [2.75, 3.05) is 6.61 Å². The van der Waals surface area contributed by atoms with Crippen molar-refractivity contribution in [1.29, 1.82) is 0 Å². The molecule has 0 saturated heterocycles. The Bertz CT molecular complexity index is 1220. The van der Waals surface area contributed by atoms with Gasteiger partial charge in [-0.15, -0.1) is 0 Å². The number of imidazole rings is 1. The summed E-state index contributed by atoms with van der Waals surface area (Å²) < 4.78 is 8.94. The van der Waals surface area contributed by atoms with E-state index in [9.17, 15) is 4.79 Å². The summed E-state index contributed by atoms with van der Waals surface area (Å²) in [5.74, 6) is 1.41. The van der Waals surface area contributed by atoms with Crippen molar-refractivity contribution in [3.8, 4) is 5.75 Å². The number of nitrogens with zero attached hydrogens (tertiary/aromatic N) is 2. The van der Waals surface area contributed by atoms with Crippen molar-refractivity contribution in [2.24, 2.45) is 0 Å². The lowest BCUT2D eigenvalue weighted by Crippen LogP contribution is -2.25. The minimum atomic E-state index is -0.140. The topological polar surface area (TPSA) is 56.1 Å². The van der Waals surface area contributed by atoms with E-state index in [1.165, 1.54) is 0 Å². The lowest BCUT2D eigenvalue weighted by molar-refractivity contribution is 0.0949. The van der Waals surface area contributed by atoms with Gasteiger partial charge < -0.3 is 14.6 Å². The van der Waals surface area contributed by atoms with Crippen molar-refractivity contribution in [3.63, 3.8) is 0 Å². The predicted octanol–water partition coefficient (Wildman–Crippen LogP) is 5.77. The van der Waals surface area contributed by atoms with E-state index in [0.29, 0.717) is 25.3 Å². The van der Waals surface area contributed by atoms with Gasteiger partial charge >= 0.3 is 0 Å². The zero-order valence-corrected chi connectivity index (χ0v) is 19.3. The van der Waals surface area contributed by atoms with Crippen LogP contribution in [0.25, 0.3) is 11.0 Å². The fourth-order valence-corrected chi connectivity index (χ4v) is 3.72. The number of hydrogen-bond donors (Lipinski definition) is 1. The molecule has 158 valence electrons. The third-order valence-corrected chi connectivity index (χ3v) is 5.91. The Labute approximate surface area is 194 Å². The van der Waals surface area contributed by atoms with Crippen molar-refractivity contribution >= 4 is 44.5 Å². The van der Waals surface area contributed by atoms with Gasteiger partial charge in [0.05, 0.1) is 24.1 Å². The SMILES string of the molecule is Cc1cc(OCCn2c(CNC(=O)c3ccc(Br)cc3)nc3ccccc32)ccc1Cl. The number of halogens is 2. The monoisotopic (exact) mass is 497 g/mol. The second-order valence-corrected chi connectivity index (χ2v) is 8.44. The molecule has 0 aliphatic carbocycles. The molecule has 31 heavy (non-hydrogen) atoms. The van der Waals surface area contributed by atoms with Crippen molar-refractivity contribution in [3.05, 3.63) is 93.2 Å². The standard InChI is InChI=1S/C24H21BrClN3O2/c1-16-14-19(10-11-20(16)26)31-13-12-29-22-5-3-2-4-21(22)28-23(29)15-27-24(30)17-6-8-18(25)9-7-17/h2-11,14H,12-13,15H2,1H3,(H,27,30). The average Bonchev–Trinajstić information content (AvgIpc) is 3.12. The zero-order valence-electron chi connectivity index (χ0n) is 16.9. The van der Waals surface area contributed by atoms with E-state index in [1.54, 1.807) is 12.1 Å². The molecule has 1 N–H and O–H groups in total. The van der Waals surface area contributed by atoms with Gasteiger partial charge in [-0.3, -0.25) is 4.79 Å². The molecule has 1 heterocycles. The number of carbonyl (C=O) groups excluding carboxylic acids is 1. The normalized spacial score (nSPS) is 10.9. The molecule has 0 atom stereocenters. The molecule has 0 unspecified atom stereocenters. The second kappa shape index (κ2) is 9.54. The number of fused-ring (bicyclic) bond motifs is 1. The van der Waals surface area contributed by atoms with Gasteiger partial charge in [-0.1, -0.05) is 39.7 Å². The summed E-state index contributed by atoms with van der Waals surface area (Å²) in [7, 11) is 0. The second-order valence-electron chi connectivity index (χ2n) is 7.12. The predicted molar refractivity (Wildman–Crippen MR) is 127 cm³/mol. The highest BCUT2D eigenvalue weighted by atomic mass is 79.9. The number of carbonyl (C=O) groups is 1. The number of benzene rings is 3. The molecule has 5 nitrogen and oxygen atoms in total. The van der Waals surface area contributed by atoms with E-state index in [4.69, 9.17) is 21.3 Å². The summed E-state index contributed by atoms with van der Waals surface area (Å²) in [4.78, 5) is 17.2. The molecule has 0 bridgehead atoms. The molecule has 7 heteroatoms. The Morgan fingerprint density at radius 1 is 1.13 bits per heavy atom. The van der Waals surface area contributed by atoms with E-state index >= 15 is 0 Å². The quantitative estimate of drug-likeness (QED) is 0.352. The van der Waals surface area contributed by atoms with E-state index in [1.807, 2.05) is 61.5 Å². The van der Waals surface area contributed by atoms with Crippen LogP contribution in [0.2, 0.25) is 5.02 Å². The minimum Gasteiger partial charge on any atom is -0.492 e. The lowest BCUT2D eigenvalue weighted by atomic mass is 10.2. The van der Waals surface area contributed by atoms with Gasteiger partial charge in [0.1, 0.15) is 18.2 Å². The maximum Gasteiger partial charge on any atom is 0.251 e. The van der Waals surface area contributed by atoms with Gasteiger partial charge in [0, 0.05) is 15.1 Å². The van der Waals surface area contributed by atoms with Crippen molar-refractivity contribution in [1.82, 2.24) is 14.9 Å². The summed E-state index contributed by atoms with van der Waals surface area (Å²) in [6.07, 6.45) is 0. The highest BCUT2D eigenvalue weighted by Crippen LogP contribution is 2.22. The molecule has 4 rings (SSSR count). The summed E-state index contributed by atoms with van der Waals surface area (Å²) in [6, 6.07) is 20.8. The Morgan fingerprint density at radius 2 is 1.90 bits per heavy atom. The molecule has 3 aromatic carbocycles. The zero-order chi connectivity index (χ0) is 21.8. The third-order valence-electron chi connectivity index (χ3n) is 4.96. The van der Waals surface area contributed by atoms with Gasteiger partial charge in [-0.05, 0) is 67.1 Å². The molecule has 1 amide bonds. The van der Waals surface area contributed by atoms with Gasteiger partial charge in [0.2, 0.25) is 0 Å². The van der Waals surface area contributed by atoms with Crippen molar-refractivity contribution in [2.45, 2.75) is 20.0 Å². The largest absolute Gasteiger partial charge is 0.492 e. The molecule has 4 aromatic rings. The maximum absolute atomic E-state index is 12.5. The number of aromatic nitrogens is 2. The van der Waals surface area contributed by atoms with Crippen LogP contribution in [0.5, 0.6) is 5.75 Å². The van der Waals surface area contributed by atoms with Crippen LogP contribution in [0.3, 0.4) is 0 Å². The lowest BCUT2D eigenvalue weighted by Gasteiger charge is -2.12. The van der Waals surface area contributed by atoms with E-state index in [0.717, 1.165) is 37.7 Å². The molecule has 0 saturated carbocycles. The first-order chi connectivity index (χ1) is 15.0. The highest BCUT2D eigenvalue weighted by molar-refractivity contribution is 9.10. The number of para-hydroxylation sites is 2. The third kappa shape index (κ3) is 5.09. The van der Waals surface area contributed by atoms with Crippen LogP contribution in [0.15, 0.2) is 71.2 Å². The highest BCUT2D eigenvalue weighted by Gasteiger charge is 2.13. The van der Waals surface area contributed by atoms with Crippen LogP contribution in [0.1, 0.15) is 21.7 Å².